The molecule has 1 N–H and O–H groups in total. The van der Waals surface area contributed by atoms with Crippen molar-refractivity contribution in [1.82, 2.24) is 0 Å². The fraction of sp³-hybridized carbons (Fsp3) is 0.250. The van der Waals surface area contributed by atoms with Crippen molar-refractivity contribution in [3.8, 4) is 5.75 Å². The van der Waals surface area contributed by atoms with E-state index in [0.717, 1.165) is 0 Å². The van der Waals surface area contributed by atoms with Gasteiger partial charge in [0.1, 0.15) is 11.4 Å². The zero-order valence-electron chi connectivity index (χ0n) is 6.46. The topological polar surface area (TPSA) is 49.7 Å². The minimum Gasteiger partial charge on any atom is -0.508 e. The Hall–Kier alpha value is -1.38. The third-order valence-corrected chi connectivity index (χ3v) is 1.61. The Bertz CT molecular complexity index is 294. The first kappa shape index (κ1) is 7.72. The van der Waals surface area contributed by atoms with E-state index < -0.39 is 0 Å². The molecule has 58 valence electrons. The van der Waals surface area contributed by atoms with Gasteiger partial charge in [-0.1, -0.05) is 0 Å². The first-order valence-electron chi connectivity index (χ1n) is 3.28. The van der Waals surface area contributed by atoms with Crippen molar-refractivity contribution in [1.29, 1.82) is 0 Å². The van der Waals surface area contributed by atoms with E-state index in [0.29, 0.717) is 16.8 Å². The summed E-state index contributed by atoms with van der Waals surface area (Å²) in [6.07, 6.45) is 0. The van der Waals surface area contributed by atoms with E-state index in [4.69, 9.17) is 0 Å². The number of rotatable bonds is 1. The van der Waals surface area contributed by atoms with E-state index in [-0.39, 0.29) is 5.75 Å². The molecule has 0 amide bonds. The van der Waals surface area contributed by atoms with Gasteiger partial charge >= 0.3 is 0 Å². The molecular formula is C8H9NO2. The van der Waals surface area contributed by atoms with Crippen LogP contribution in [-0.4, -0.2) is 5.11 Å². The largest absolute Gasteiger partial charge is 0.508 e. The first-order valence-corrected chi connectivity index (χ1v) is 3.28. The number of benzene rings is 1. The molecule has 3 nitrogen and oxygen atoms in total. The van der Waals surface area contributed by atoms with Crippen molar-refractivity contribution in [2.75, 3.05) is 0 Å². The summed E-state index contributed by atoms with van der Waals surface area (Å²) >= 11 is 0. The Kier molecular flexibility index (Phi) is 1.89. The van der Waals surface area contributed by atoms with Crippen LogP contribution in [0.2, 0.25) is 0 Å². The van der Waals surface area contributed by atoms with Gasteiger partial charge in [0.05, 0.1) is 0 Å². The lowest BCUT2D eigenvalue weighted by molar-refractivity contribution is 0.471. The average Bonchev–Trinajstić information content (AvgIpc) is 1.97. The van der Waals surface area contributed by atoms with Crippen molar-refractivity contribution < 1.29 is 5.11 Å². The third kappa shape index (κ3) is 1.37. The van der Waals surface area contributed by atoms with Gasteiger partial charge in [0.25, 0.3) is 0 Å². The lowest BCUT2D eigenvalue weighted by Crippen LogP contribution is -1.78. The highest BCUT2D eigenvalue weighted by molar-refractivity contribution is 5.52. The molecule has 0 aliphatic carbocycles. The van der Waals surface area contributed by atoms with Crippen molar-refractivity contribution in [2.24, 2.45) is 5.18 Å². The highest BCUT2D eigenvalue weighted by Crippen LogP contribution is 2.26. The van der Waals surface area contributed by atoms with Gasteiger partial charge in [0.2, 0.25) is 0 Å². The summed E-state index contributed by atoms with van der Waals surface area (Å²) in [5.74, 6) is 0.204. The van der Waals surface area contributed by atoms with Crippen molar-refractivity contribution in [3.63, 3.8) is 0 Å². The summed E-state index contributed by atoms with van der Waals surface area (Å²) < 4.78 is 0. The van der Waals surface area contributed by atoms with Crippen molar-refractivity contribution >= 4 is 5.69 Å². The van der Waals surface area contributed by atoms with Crippen LogP contribution < -0.4 is 0 Å². The molecule has 1 rings (SSSR count). The van der Waals surface area contributed by atoms with E-state index in [1.165, 1.54) is 6.07 Å². The van der Waals surface area contributed by atoms with Gasteiger partial charge in [-0.15, -0.1) is 4.91 Å². The predicted octanol–water partition coefficient (Wildman–Crippen LogP) is 2.41. The molecule has 0 aromatic heterocycles. The predicted molar refractivity (Wildman–Crippen MR) is 43.0 cm³/mol. The fourth-order valence-corrected chi connectivity index (χ4v) is 0.884. The normalized spacial score (nSPS) is 9.64. The van der Waals surface area contributed by atoms with Crippen LogP contribution in [0.4, 0.5) is 5.69 Å². The molecule has 0 atom stereocenters. The van der Waals surface area contributed by atoms with E-state index in [9.17, 15) is 10.0 Å². The van der Waals surface area contributed by atoms with Crippen molar-refractivity contribution in [2.45, 2.75) is 13.8 Å². The number of phenolic OH excluding ortho intramolecular Hbond substituents is 1. The number of nitrogens with zero attached hydrogens (tertiary/aromatic N) is 1. The third-order valence-electron chi connectivity index (χ3n) is 1.61. The molecule has 3 heteroatoms. The molecular weight excluding hydrogens is 142 g/mol. The average molecular weight is 151 g/mol. The minimum absolute atomic E-state index is 0.204. The molecule has 0 fully saturated rings. The zero-order valence-corrected chi connectivity index (χ0v) is 6.46. The van der Waals surface area contributed by atoms with Crippen LogP contribution in [0.5, 0.6) is 5.75 Å². The van der Waals surface area contributed by atoms with Gasteiger partial charge in [0, 0.05) is 0 Å². The van der Waals surface area contributed by atoms with E-state index in [2.05, 4.69) is 5.18 Å². The Morgan fingerprint density at radius 2 is 1.91 bits per heavy atom. The summed E-state index contributed by atoms with van der Waals surface area (Å²) in [5.41, 5.74) is 1.76. The van der Waals surface area contributed by atoms with Crippen LogP contribution in [-0.2, 0) is 0 Å². The summed E-state index contributed by atoms with van der Waals surface area (Å²) in [7, 11) is 0. The van der Waals surface area contributed by atoms with Gasteiger partial charge in [-0.2, -0.15) is 0 Å². The highest BCUT2D eigenvalue weighted by atomic mass is 16.3. The Morgan fingerprint density at radius 1 is 1.27 bits per heavy atom. The Balaban J connectivity index is 3.31. The number of phenols is 1. The SMILES string of the molecule is Cc1cc(N=O)c(C)cc1O. The Morgan fingerprint density at radius 3 is 2.45 bits per heavy atom. The number of hydrogen-bond acceptors (Lipinski definition) is 3. The second-order valence-electron chi connectivity index (χ2n) is 2.52. The monoisotopic (exact) mass is 151 g/mol. The van der Waals surface area contributed by atoms with Crippen LogP contribution in [0.1, 0.15) is 11.1 Å². The van der Waals surface area contributed by atoms with Gasteiger partial charge < -0.3 is 5.11 Å². The van der Waals surface area contributed by atoms with Gasteiger partial charge in [-0.05, 0) is 42.3 Å². The quantitative estimate of drug-likeness (QED) is 0.626. The standard InChI is InChI=1S/C8H9NO2/c1-5-4-8(10)6(2)3-7(5)9-11/h3-4,10H,1-2H3. The van der Waals surface area contributed by atoms with Crippen LogP contribution >= 0.6 is 0 Å². The molecule has 11 heavy (non-hydrogen) atoms. The zero-order chi connectivity index (χ0) is 8.43. The molecule has 0 bridgehead atoms. The molecule has 1 aromatic carbocycles. The summed E-state index contributed by atoms with van der Waals surface area (Å²) in [6, 6.07) is 3.10. The second kappa shape index (κ2) is 2.70. The maximum atomic E-state index is 10.2. The van der Waals surface area contributed by atoms with Crippen LogP contribution in [0.15, 0.2) is 17.3 Å². The lowest BCUT2D eigenvalue weighted by atomic mass is 10.1. The van der Waals surface area contributed by atoms with E-state index in [1.54, 1.807) is 19.9 Å². The lowest BCUT2D eigenvalue weighted by Gasteiger charge is -2.00. The summed E-state index contributed by atoms with van der Waals surface area (Å²) in [5, 5.41) is 12.0. The van der Waals surface area contributed by atoms with Crippen molar-refractivity contribution in [3.05, 3.63) is 28.2 Å². The van der Waals surface area contributed by atoms with Crippen LogP contribution in [0, 0.1) is 18.8 Å². The molecule has 0 saturated heterocycles. The molecule has 0 heterocycles. The highest BCUT2D eigenvalue weighted by Gasteiger charge is 2.02. The first-order chi connectivity index (χ1) is 5.15. The number of aromatic hydroxyl groups is 1. The minimum atomic E-state index is 0.204. The Labute approximate surface area is 64.7 Å². The van der Waals surface area contributed by atoms with Gasteiger partial charge in [0.15, 0.2) is 0 Å². The molecule has 0 aliphatic heterocycles. The van der Waals surface area contributed by atoms with E-state index >= 15 is 0 Å². The second-order valence-corrected chi connectivity index (χ2v) is 2.52. The molecule has 0 radical (unpaired) electrons. The number of nitroso groups, excluding NO2 is 1. The number of hydrogen-bond donors (Lipinski definition) is 1. The van der Waals surface area contributed by atoms with Crippen LogP contribution in [0.25, 0.3) is 0 Å². The maximum absolute atomic E-state index is 10.2. The fourth-order valence-electron chi connectivity index (χ4n) is 0.884. The summed E-state index contributed by atoms with van der Waals surface area (Å²) in [4.78, 5) is 10.2. The van der Waals surface area contributed by atoms with E-state index in [1.807, 2.05) is 0 Å². The van der Waals surface area contributed by atoms with Crippen LogP contribution in [0.3, 0.4) is 0 Å². The molecule has 0 saturated carbocycles. The molecule has 1 aromatic rings. The maximum Gasteiger partial charge on any atom is 0.118 e. The molecule has 0 spiro atoms. The smallest absolute Gasteiger partial charge is 0.118 e. The summed E-state index contributed by atoms with van der Waals surface area (Å²) in [6.45, 7) is 3.46. The molecule has 0 aliphatic rings. The van der Waals surface area contributed by atoms with Gasteiger partial charge in [-0.3, -0.25) is 0 Å². The van der Waals surface area contributed by atoms with Gasteiger partial charge in [-0.25, -0.2) is 0 Å². The number of aryl methyl sites for hydroxylation is 2. The molecule has 0 unspecified atom stereocenters.